The van der Waals surface area contributed by atoms with Crippen molar-refractivity contribution in [2.45, 2.75) is 57.0 Å². The van der Waals surface area contributed by atoms with Gasteiger partial charge < -0.3 is 11.5 Å². The first kappa shape index (κ1) is 12.6. The van der Waals surface area contributed by atoms with Gasteiger partial charge in [0.2, 0.25) is 0 Å². The SMILES string of the molecule is CCCc1ccc(C2(N)CCC(N)CC2)cc1. The van der Waals surface area contributed by atoms with E-state index in [0.717, 1.165) is 32.1 Å². The summed E-state index contributed by atoms with van der Waals surface area (Å²) in [6.07, 6.45) is 6.48. The molecule has 2 nitrogen and oxygen atoms in total. The van der Waals surface area contributed by atoms with Crippen LogP contribution in [0.4, 0.5) is 0 Å². The van der Waals surface area contributed by atoms with Gasteiger partial charge in [0.1, 0.15) is 0 Å². The van der Waals surface area contributed by atoms with Crippen LogP contribution in [-0.2, 0) is 12.0 Å². The molecule has 0 unspecified atom stereocenters. The summed E-state index contributed by atoms with van der Waals surface area (Å²) in [4.78, 5) is 0. The Bertz CT molecular complexity index is 348. The Morgan fingerprint density at radius 1 is 1.18 bits per heavy atom. The molecule has 0 amide bonds. The monoisotopic (exact) mass is 232 g/mol. The molecule has 0 spiro atoms. The largest absolute Gasteiger partial charge is 0.328 e. The standard InChI is InChI=1S/C15H24N2/c1-2-3-12-4-6-13(7-5-12)15(17)10-8-14(16)9-11-15/h4-7,14H,2-3,8-11,16-17H2,1H3. The van der Waals surface area contributed by atoms with Crippen LogP contribution in [0.1, 0.15) is 50.2 Å². The summed E-state index contributed by atoms with van der Waals surface area (Å²) in [6, 6.07) is 9.22. The minimum atomic E-state index is -0.138. The summed E-state index contributed by atoms with van der Waals surface area (Å²) in [5.41, 5.74) is 15.0. The minimum absolute atomic E-state index is 0.138. The molecule has 1 aromatic rings. The van der Waals surface area contributed by atoms with Gasteiger partial charge in [-0.1, -0.05) is 37.6 Å². The zero-order valence-corrected chi connectivity index (χ0v) is 10.8. The predicted octanol–water partition coefficient (Wildman–Crippen LogP) is 2.69. The topological polar surface area (TPSA) is 52.0 Å². The van der Waals surface area contributed by atoms with Gasteiger partial charge in [0.05, 0.1) is 0 Å². The summed E-state index contributed by atoms with van der Waals surface area (Å²) in [6.45, 7) is 2.21. The molecule has 0 radical (unpaired) electrons. The average Bonchev–Trinajstić information content (AvgIpc) is 2.35. The van der Waals surface area contributed by atoms with Crippen LogP contribution < -0.4 is 11.5 Å². The van der Waals surface area contributed by atoms with Crippen molar-refractivity contribution >= 4 is 0 Å². The summed E-state index contributed by atoms with van der Waals surface area (Å²) < 4.78 is 0. The van der Waals surface area contributed by atoms with Crippen LogP contribution in [0.25, 0.3) is 0 Å². The highest BCUT2D eigenvalue weighted by atomic mass is 14.8. The van der Waals surface area contributed by atoms with E-state index >= 15 is 0 Å². The number of benzene rings is 1. The van der Waals surface area contributed by atoms with Crippen LogP contribution in [-0.4, -0.2) is 6.04 Å². The lowest BCUT2D eigenvalue weighted by Crippen LogP contribution is -2.43. The smallest absolute Gasteiger partial charge is 0.0410 e. The minimum Gasteiger partial charge on any atom is -0.328 e. The van der Waals surface area contributed by atoms with E-state index in [-0.39, 0.29) is 5.54 Å². The number of hydrogen-bond donors (Lipinski definition) is 2. The van der Waals surface area contributed by atoms with Crippen molar-refractivity contribution in [2.24, 2.45) is 11.5 Å². The second kappa shape index (κ2) is 5.19. The maximum atomic E-state index is 6.51. The highest BCUT2D eigenvalue weighted by Crippen LogP contribution is 2.34. The molecule has 17 heavy (non-hydrogen) atoms. The summed E-state index contributed by atoms with van der Waals surface area (Å²) >= 11 is 0. The first-order chi connectivity index (χ1) is 8.14. The molecular weight excluding hydrogens is 208 g/mol. The maximum absolute atomic E-state index is 6.51. The Balaban J connectivity index is 2.10. The lowest BCUT2D eigenvalue weighted by Gasteiger charge is -2.36. The summed E-state index contributed by atoms with van der Waals surface area (Å²) in [5.74, 6) is 0. The second-order valence-corrected chi connectivity index (χ2v) is 5.44. The molecule has 0 atom stereocenters. The number of nitrogens with two attached hydrogens (primary N) is 2. The van der Waals surface area contributed by atoms with E-state index < -0.39 is 0 Å². The molecule has 0 aliphatic heterocycles. The van der Waals surface area contributed by atoms with Gasteiger partial charge in [0.25, 0.3) is 0 Å². The molecule has 2 rings (SSSR count). The van der Waals surface area contributed by atoms with Gasteiger partial charge in [-0.05, 0) is 43.2 Å². The van der Waals surface area contributed by atoms with Gasteiger partial charge in [-0.15, -0.1) is 0 Å². The van der Waals surface area contributed by atoms with Crippen LogP contribution in [0.3, 0.4) is 0 Å². The predicted molar refractivity (Wildman–Crippen MR) is 72.7 cm³/mol. The van der Waals surface area contributed by atoms with E-state index in [4.69, 9.17) is 11.5 Å². The normalized spacial score (nSPS) is 29.2. The molecule has 0 saturated heterocycles. The van der Waals surface area contributed by atoms with Gasteiger partial charge in [-0.25, -0.2) is 0 Å². The summed E-state index contributed by atoms with van der Waals surface area (Å²) in [7, 11) is 0. The Kier molecular flexibility index (Phi) is 3.85. The van der Waals surface area contributed by atoms with Gasteiger partial charge in [0, 0.05) is 11.6 Å². The van der Waals surface area contributed by atoms with E-state index in [1.54, 1.807) is 0 Å². The molecule has 1 fully saturated rings. The second-order valence-electron chi connectivity index (χ2n) is 5.44. The number of hydrogen-bond acceptors (Lipinski definition) is 2. The quantitative estimate of drug-likeness (QED) is 0.842. The first-order valence-electron chi connectivity index (χ1n) is 6.78. The van der Waals surface area contributed by atoms with Gasteiger partial charge in [0.15, 0.2) is 0 Å². The fraction of sp³-hybridized carbons (Fsp3) is 0.600. The molecule has 1 saturated carbocycles. The molecular formula is C15H24N2. The highest BCUT2D eigenvalue weighted by molar-refractivity contribution is 5.29. The van der Waals surface area contributed by atoms with E-state index in [0.29, 0.717) is 6.04 Å². The number of aryl methyl sites for hydroxylation is 1. The Morgan fingerprint density at radius 3 is 2.29 bits per heavy atom. The molecule has 0 heterocycles. The zero-order valence-electron chi connectivity index (χ0n) is 10.8. The van der Waals surface area contributed by atoms with Crippen molar-refractivity contribution in [3.05, 3.63) is 35.4 Å². The van der Waals surface area contributed by atoms with E-state index in [9.17, 15) is 0 Å². The van der Waals surface area contributed by atoms with Crippen LogP contribution >= 0.6 is 0 Å². The Hall–Kier alpha value is -0.860. The molecule has 0 bridgehead atoms. The maximum Gasteiger partial charge on any atom is 0.0410 e. The van der Waals surface area contributed by atoms with Crippen molar-refractivity contribution in [1.82, 2.24) is 0 Å². The molecule has 1 aromatic carbocycles. The van der Waals surface area contributed by atoms with E-state index in [1.807, 2.05) is 0 Å². The zero-order chi connectivity index (χ0) is 12.3. The van der Waals surface area contributed by atoms with Gasteiger partial charge in [-0.2, -0.15) is 0 Å². The van der Waals surface area contributed by atoms with Crippen molar-refractivity contribution in [3.8, 4) is 0 Å². The third-order valence-corrected chi connectivity index (χ3v) is 3.99. The third kappa shape index (κ3) is 2.88. The third-order valence-electron chi connectivity index (χ3n) is 3.99. The fourth-order valence-electron chi connectivity index (χ4n) is 2.74. The fourth-order valence-corrected chi connectivity index (χ4v) is 2.74. The van der Waals surface area contributed by atoms with Gasteiger partial charge in [-0.3, -0.25) is 0 Å². The molecule has 94 valence electrons. The van der Waals surface area contributed by atoms with E-state index in [2.05, 4.69) is 31.2 Å². The average molecular weight is 232 g/mol. The van der Waals surface area contributed by atoms with Crippen LogP contribution in [0.2, 0.25) is 0 Å². The molecule has 1 aliphatic rings. The molecule has 2 heteroatoms. The van der Waals surface area contributed by atoms with Crippen molar-refractivity contribution in [3.63, 3.8) is 0 Å². The molecule has 4 N–H and O–H groups in total. The van der Waals surface area contributed by atoms with Crippen molar-refractivity contribution in [2.75, 3.05) is 0 Å². The van der Waals surface area contributed by atoms with Crippen LogP contribution in [0.5, 0.6) is 0 Å². The van der Waals surface area contributed by atoms with Gasteiger partial charge >= 0.3 is 0 Å². The van der Waals surface area contributed by atoms with Crippen molar-refractivity contribution in [1.29, 1.82) is 0 Å². The Labute approximate surface area is 104 Å². The van der Waals surface area contributed by atoms with E-state index in [1.165, 1.54) is 17.5 Å². The van der Waals surface area contributed by atoms with Crippen LogP contribution in [0, 0.1) is 0 Å². The van der Waals surface area contributed by atoms with Crippen LogP contribution in [0.15, 0.2) is 24.3 Å². The Morgan fingerprint density at radius 2 is 1.76 bits per heavy atom. The highest BCUT2D eigenvalue weighted by Gasteiger charge is 2.31. The summed E-state index contributed by atoms with van der Waals surface area (Å²) in [5, 5.41) is 0. The molecule has 1 aliphatic carbocycles. The lowest BCUT2D eigenvalue weighted by molar-refractivity contribution is 0.277. The first-order valence-corrected chi connectivity index (χ1v) is 6.78. The lowest BCUT2D eigenvalue weighted by atomic mass is 9.76. The van der Waals surface area contributed by atoms with Crippen molar-refractivity contribution < 1.29 is 0 Å². The molecule has 0 aromatic heterocycles. The number of rotatable bonds is 3.